The molecule has 0 aromatic heterocycles. The smallest absolute Gasteiger partial charge is 0.167 e. The van der Waals surface area contributed by atoms with Gasteiger partial charge in [0.25, 0.3) is 0 Å². The Kier molecular flexibility index (Phi) is 8.81. The first kappa shape index (κ1) is 19.5. The van der Waals surface area contributed by atoms with Crippen molar-refractivity contribution in [1.29, 1.82) is 0 Å². The average molecular weight is 356 g/mol. The molecule has 0 amide bonds. The van der Waals surface area contributed by atoms with Crippen LogP contribution in [0, 0.1) is 0 Å². The SMILES string of the molecule is Br.COc1ccc(/C=C(\C(C)=O)C(=O)CCN(C)C)cc1. The first-order valence-electron chi connectivity index (χ1n) is 6.48. The molecule has 5 heteroatoms. The molecule has 0 radical (unpaired) electrons. The number of Topliss-reactive ketones (excluding diaryl/α,β-unsaturated/α-hetero) is 2. The van der Waals surface area contributed by atoms with Crippen molar-refractivity contribution in [3.63, 3.8) is 0 Å². The molecule has 1 rings (SSSR count). The lowest BCUT2D eigenvalue weighted by atomic mass is 10.0. The van der Waals surface area contributed by atoms with Gasteiger partial charge in [0.1, 0.15) is 5.75 Å². The van der Waals surface area contributed by atoms with Gasteiger partial charge in [-0.05, 0) is 44.8 Å². The van der Waals surface area contributed by atoms with Crippen molar-refractivity contribution in [2.45, 2.75) is 13.3 Å². The number of hydrogen-bond acceptors (Lipinski definition) is 4. The summed E-state index contributed by atoms with van der Waals surface area (Å²) in [4.78, 5) is 25.6. The van der Waals surface area contributed by atoms with E-state index in [0.29, 0.717) is 13.0 Å². The summed E-state index contributed by atoms with van der Waals surface area (Å²) in [5, 5.41) is 0. The minimum Gasteiger partial charge on any atom is -0.497 e. The van der Waals surface area contributed by atoms with Gasteiger partial charge in [-0.15, -0.1) is 17.0 Å². The summed E-state index contributed by atoms with van der Waals surface area (Å²) < 4.78 is 5.07. The van der Waals surface area contributed by atoms with Gasteiger partial charge in [0.05, 0.1) is 12.7 Å². The quantitative estimate of drug-likeness (QED) is 0.428. The van der Waals surface area contributed by atoms with Gasteiger partial charge in [-0.1, -0.05) is 12.1 Å². The molecule has 21 heavy (non-hydrogen) atoms. The highest BCUT2D eigenvalue weighted by atomic mass is 79.9. The molecule has 0 aliphatic rings. The third kappa shape index (κ3) is 6.69. The molecule has 0 heterocycles. The highest BCUT2D eigenvalue weighted by molar-refractivity contribution is 8.93. The fourth-order valence-corrected chi connectivity index (χ4v) is 1.71. The number of methoxy groups -OCH3 is 1. The largest absolute Gasteiger partial charge is 0.497 e. The first-order chi connectivity index (χ1) is 9.43. The van der Waals surface area contributed by atoms with Crippen LogP contribution in [-0.2, 0) is 9.59 Å². The molecule has 0 aliphatic carbocycles. The van der Waals surface area contributed by atoms with Crippen LogP contribution in [0.25, 0.3) is 6.08 Å². The van der Waals surface area contributed by atoms with Crippen molar-refractivity contribution in [1.82, 2.24) is 4.90 Å². The molecule has 0 atom stereocenters. The van der Waals surface area contributed by atoms with Crippen molar-refractivity contribution < 1.29 is 14.3 Å². The number of ketones is 2. The zero-order valence-corrected chi connectivity index (χ0v) is 14.6. The number of carbonyl (C=O) groups is 2. The van der Waals surface area contributed by atoms with E-state index in [4.69, 9.17) is 4.74 Å². The third-order valence-corrected chi connectivity index (χ3v) is 2.89. The molecule has 1 aromatic carbocycles. The number of allylic oxidation sites excluding steroid dienone is 1. The van der Waals surface area contributed by atoms with Crippen LogP contribution in [0.3, 0.4) is 0 Å². The number of benzene rings is 1. The molecule has 0 spiro atoms. The Labute approximate surface area is 136 Å². The second-order valence-corrected chi connectivity index (χ2v) is 4.86. The fraction of sp³-hybridized carbons (Fsp3) is 0.375. The molecule has 0 bridgehead atoms. The van der Waals surface area contributed by atoms with E-state index in [-0.39, 0.29) is 34.1 Å². The molecular weight excluding hydrogens is 334 g/mol. The highest BCUT2D eigenvalue weighted by Crippen LogP contribution is 2.15. The van der Waals surface area contributed by atoms with Gasteiger partial charge in [-0.3, -0.25) is 9.59 Å². The van der Waals surface area contributed by atoms with E-state index in [1.54, 1.807) is 25.3 Å². The zero-order valence-electron chi connectivity index (χ0n) is 12.9. The Morgan fingerprint density at radius 3 is 2.19 bits per heavy atom. The normalized spacial score (nSPS) is 11.0. The van der Waals surface area contributed by atoms with E-state index in [9.17, 15) is 9.59 Å². The van der Waals surface area contributed by atoms with Gasteiger partial charge in [-0.2, -0.15) is 0 Å². The van der Waals surface area contributed by atoms with Crippen molar-refractivity contribution in [2.24, 2.45) is 0 Å². The number of halogens is 1. The van der Waals surface area contributed by atoms with Gasteiger partial charge in [0.2, 0.25) is 0 Å². The summed E-state index contributed by atoms with van der Waals surface area (Å²) in [5.74, 6) is 0.414. The molecule has 0 saturated carbocycles. The molecule has 0 saturated heterocycles. The Morgan fingerprint density at radius 2 is 1.76 bits per heavy atom. The molecule has 0 unspecified atom stereocenters. The minimum atomic E-state index is -0.204. The maximum absolute atomic E-state index is 12.1. The lowest BCUT2D eigenvalue weighted by Gasteiger charge is -2.09. The van der Waals surface area contributed by atoms with Crippen molar-refractivity contribution in [3.05, 3.63) is 35.4 Å². The van der Waals surface area contributed by atoms with Crippen LogP contribution in [0.15, 0.2) is 29.8 Å². The summed E-state index contributed by atoms with van der Waals surface area (Å²) in [6, 6.07) is 7.24. The van der Waals surface area contributed by atoms with E-state index < -0.39 is 0 Å². The predicted octanol–water partition coefficient (Wildman–Crippen LogP) is 2.77. The standard InChI is InChI=1S/C16H21NO3.BrH/c1-12(18)15(16(19)9-10-17(2)3)11-13-5-7-14(20-4)8-6-13;/h5-8,11H,9-10H2,1-4H3;1H/b15-11+;. The number of hydrogen-bond donors (Lipinski definition) is 0. The molecule has 116 valence electrons. The maximum Gasteiger partial charge on any atom is 0.167 e. The van der Waals surface area contributed by atoms with E-state index in [0.717, 1.165) is 11.3 Å². The first-order valence-corrected chi connectivity index (χ1v) is 6.48. The number of ether oxygens (including phenoxy) is 1. The number of nitrogens with zero attached hydrogens (tertiary/aromatic N) is 1. The Bertz CT molecular complexity index is 507. The van der Waals surface area contributed by atoms with Gasteiger partial charge in [0.15, 0.2) is 11.6 Å². The molecule has 0 N–H and O–H groups in total. The van der Waals surface area contributed by atoms with Gasteiger partial charge in [-0.25, -0.2) is 0 Å². The van der Waals surface area contributed by atoms with E-state index >= 15 is 0 Å². The van der Waals surface area contributed by atoms with Crippen LogP contribution in [0.5, 0.6) is 5.75 Å². The van der Waals surface area contributed by atoms with E-state index in [1.807, 2.05) is 31.1 Å². The predicted molar refractivity (Wildman–Crippen MR) is 90.2 cm³/mol. The summed E-state index contributed by atoms with van der Waals surface area (Å²) in [6.45, 7) is 2.05. The fourth-order valence-electron chi connectivity index (χ4n) is 1.71. The van der Waals surface area contributed by atoms with Crippen LogP contribution in [0.4, 0.5) is 0 Å². The van der Waals surface area contributed by atoms with Crippen LogP contribution in [-0.4, -0.2) is 44.2 Å². The maximum atomic E-state index is 12.1. The van der Waals surface area contributed by atoms with Gasteiger partial charge >= 0.3 is 0 Å². The minimum absolute atomic E-state index is 0. The lowest BCUT2D eigenvalue weighted by Crippen LogP contribution is -2.19. The van der Waals surface area contributed by atoms with Crippen LogP contribution in [0.2, 0.25) is 0 Å². The van der Waals surface area contributed by atoms with Crippen molar-refractivity contribution >= 4 is 34.6 Å². The van der Waals surface area contributed by atoms with Gasteiger partial charge < -0.3 is 9.64 Å². The molecule has 0 fully saturated rings. The molecule has 0 aliphatic heterocycles. The highest BCUT2D eigenvalue weighted by Gasteiger charge is 2.14. The topological polar surface area (TPSA) is 46.6 Å². The van der Waals surface area contributed by atoms with Crippen LogP contribution < -0.4 is 4.74 Å². The zero-order chi connectivity index (χ0) is 15.1. The number of carbonyl (C=O) groups excluding carboxylic acids is 2. The summed E-state index contributed by atoms with van der Waals surface area (Å²) in [5.41, 5.74) is 1.06. The van der Waals surface area contributed by atoms with Crippen LogP contribution in [0.1, 0.15) is 18.9 Å². The third-order valence-electron chi connectivity index (χ3n) is 2.89. The second kappa shape index (κ2) is 9.47. The molecule has 1 aromatic rings. The van der Waals surface area contributed by atoms with Crippen molar-refractivity contribution in [2.75, 3.05) is 27.7 Å². The Morgan fingerprint density at radius 1 is 1.19 bits per heavy atom. The average Bonchev–Trinajstić information content (AvgIpc) is 2.42. The monoisotopic (exact) mass is 355 g/mol. The Hall–Kier alpha value is -1.46. The van der Waals surface area contributed by atoms with Crippen LogP contribution >= 0.6 is 17.0 Å². The van der Waals surface area contributed by atoms with E-state index in [1.165, 1.54) is 6.92 Å². The van der Waals surface area contributed by atoms with Gasteiger partial charge in [0, 0.05) is 13.0 Å². The lowest BCUT2D eigenvalue weighted by molar-refractivity contribution is -0.120. The summed E-state index contributed by atoms with van der Waals surface area (Å²) >= 11 is 0. The van der Waals surface area contributed by atoms with E-state index in [2.05, 4.69) is 0 Å². The number of rotatable bonds is 7. The summed E-state index contributed by atoms with van der Waals surface area (Å²) in [6.07, 6.45) is 1.98. The molecule has 4 nitrogen and oxygen atoms in total. The van der Waals surface area contributed by atoms with Crippen molar-refractivity contribution in [3.8, 4) is 5.75 Å². The Balaban J connectivity index is 0.00000400. The summed E-state index contributed by atoms with van der Waals surface area (Å²) in [7, 11) is 5.39. The molecular formula is C16H22BrNO3. The second-order valence-electron chi connectivity index (χ2n) is 4.86.